The molecule has 1 amide bonds. The number of nitrogens with zero attached hydrogens (tertiary/aromatic N) is 1. The molecule has 0 heterocycles. The molecule has 214 valence electrons. The second kappa shape index (κ2) is 12.6. The van der Waals surface area contributed by atoms with Crippen LogP contribution in [-0.4, -0.2) is 18.1 Å². The lowest BCUT2D eigenvalue weighted by molar-refractivity contribution is 0.102. The number of rotatable bonds is 8. The van der Waals surface area contributed by atoms with Crippen molar-refractivity contribution in [3.8, 4) is 0 Å². The first-order valence-corrected chi connectivity index (χ1v) is 14.2. The van der Waals surface area contributed by atoms with Crippen LogP contribution in [0.25, 0.3) is 11.3 Å². The minimum absolute atomic E-state index is 0.157. The van der Waals surface area contributed by atoms with E-state index in [-0.39, 0.29) is 17.0 Å². The molecular weight excluding hydrogens is 554 g/mol. The monoisotopic (exact) mass is 584 g/mol. The quantitative estimate of drug-likeness (QED) is 0.203. The maximum Gasteiger partial charge on any atom is 0.255 e. The van der Waals surface area contributed by atoms with Gasteiger partial charge in [0, 0.05) is 40.6 Å². The molecule has 0 saturated heterocycles. The van der Waals surface area contributed by atoms with Gasteiger partial charge in [-0.25, -0.2) is 8.78 Å². The van der Waals surface area contributed by atoms with Crippen molar-refractivity contribution in [3.05, 3.63) is 135 Å². The molecule has 0 radical (unpaired) electrons. The molecule has 0 bridgehead atoms. The molecule has 7 heteroatoms. The van der Waals surface area contributed by atoms with Crippen molar-refractivity contribution >= 4 is 45.9 Å². The zero-order valence-electron chi connectivity index (χ0n) is 23.4. The van der Waals surface area contributed by atoms with E-state index in [0.717, 1.165) is 77.5 Å². The van der Waals surface area contributed by atoms with Crippen molar-refractivity contribution in [3.63, 3.8) is 0 Å². The van der Waals surface area contributed by atoms with Crippen LogP contribution < -0.4 is 10.2 Å². The highest BCUT2D eigenvalue weighted by atomic mass is 35.5. The van der Waals surface area contributed by atoms with E-state index in [1.165, 1.54) is 0 Å². The number of amides is 1. The van der Waals surface area contributed by atoms with Crippen molar-refractivity contribution in [2.24, 2.45) is 0 Å². The van der Waals surface area contributed by atoms with Crippen LogP contribution in [0, 0.1) is 11.6 Å². The summed E-state index contributed by atoms with van der Waals surface area (Å²) in [4.78, 5) is 15.4. The molecule has 0 spiro atoms. The zero-order chi connectivity index (χ0) is 29.8. The Labute approximate surface area is 249 Å². The van der Waals surface area contributed by atoms with E-state index in [0.29, 0.717) is 10.6 Å². The van der Waals surface area contributed by atoms with Gasteiger partial charge >= 0.3 is 0 Å². The maximum absolute atomic E-state index is 14.3. The molecule has 0 unspecified atom stereocenters. The summed E-state index contributed by atoms with van der Waals surface area (Å²) in [6, 6.07) is 23.7. The van der Waals surface area contributed by atoms with Gasteiger partial charge in [0.25, 0.3) is 5.91 Å². The number of halogens is 3. The zero-order valence-corrected chi connectivity index (χ0v) is 24.2. The average molecular weight is 585 g/mol. The van der Waals surface area contributed by atoms with Crippen LogP contribution in [0.1, 0.15) is 59.7 Å². The largest absolute Gasteiger partial charge is 0.507 e. The SMILES string of the molecule is CC/C=C(/c1ccc(N(C)c2ccc(Cl)cc2)cc1)c1cc(C(=O)Nc2cc(F)ccc2F)cc(C(O)=C2CCC2)c1. The van der Waals surface area contributed by atoms with Crippen LogP contribution in [0.3, 0.4) is 0 Å². The highest BCUT2D eigenvalue weighted by molar-refractivity contribution is 6.30. The van der Waals surface area contributed by atoms with Crippen LogP contribution in [0.2, 0.25) is 5.02 Å². The lowest BCUT2D eigenvalue weighted by Crippen LogP contribution is -2.14. The van der Waals surface area contributed by atoms with E-state index in [2.05, 4.69) is 16.3 Å². The van der Waals surface area contributed by atoms with Crippen LogP contribution in [0.5, 0.6) is 0 Å². The van der Waals surface area contributed by atoms with E-state index in [1.54, 1.807) is 12.1 Å². The number of hydrogen-bond acceptors (Lipinski definition) is 3. The minimum Gasteiger partial charge on any atom is -0.507 e. The first kappa shape index (κ1) is 29.1. The topological polar surface area (TPSA) is 52.6 Å². The fourth-order valence-electron chi connectivity index (χ4n) is 4.92. The Morgan fingerprint density at radius 1 is 0.881 bits per heavy atom. The number of benzene rings is 4. The predicted molar refractivity (Wildman–Crippen MR) is 167 cm³/mol. The van der Waals surface area contributed by atoms with Gasteiger partial charge in [0.15, 0.2) is 0 Å². The Hall–Kier alpha value is -4.42. The smallest absolute Gasteiger partial charge is 0.255 e. The van der Waals surface area contributed by atoms with E-state index in [1.807, 2.05) is 68.6 Å². The molecule has 1 aliphatic rings. The summed E-state index contributed by atoms with van der Waals surface area (Å²) in [5, 5.41) is 14.2. The molecule has 5 rings (SSSR count). The summed E-state index contributed by atoms with van der Waals surface area (Å²) < 4.78 is 28.1. The van der Waals surface area contributed by atoms with E-state index in [4.69, 9.17) is 11.6 Å². The van der Waals surface area contributed by atoms with E-state index in [9.17, 15) is 18.7 Å². The molecule has 4 aromatic rings. The predicted octanol–water partition coefficient (Wildman–Crippen LogP) is 9.93. The van der Waals surface area contributed by atoms with Crippen molar-refractivity contribution in [1.82, 2.24) is 0 Å². The molecule has 2 N–H and O–H groups in total. The van der Waals surface area contributed by atoms with Gasteiger partial charge in [-0.2, -0.15) is 0 Å². The number of anilines is 3. The first-order chi connectivity index (χ1) is 20.2. The van der Waals surface area contributed by atoms with Gasteiger partial charge in [0.2, 0.25) is 0 Å². The third-order valence-corrected chi connectivity index (χ3v) is 7.69. The first-order valence-electron chi connectivity index (χ1n) is 13.9. The summed E-state index contributed by atoms with van der Waals surface area (Å²) in [7, 11) is 1.98. The van der Waals surface area contributed by atoms with Gasteiger partial charge in [0.1, 0.15) is 17.4 Å². The Morgan fingerprint density at radius 3 is 2.12 bits per heavy atom. The fraction of sp³-hybridized carbons (Fsp3) is 0.171. The molecule has 1 fully saturated rings. The third-order valence-electron chi connectivity index (χ3n) is 7.44. The molecule has 0 atom stereocenters. The molecule has 4 aromatic carbocycles. The number of carbonyl (C=O) groups excluding carboxylic acids is 1. The lowest BCUT2D eigenvalue weighted by Gasteiger charge is -2.21. The molecular formula is C35H31ClF2N2O2. The van der Waals surface area contributed by atoms with Gasteiger partial charge in [-0.15, -0.1) is 0 Å². The van der Waals surface area contributed by atoms with Crippen molar-refractivity contribution in [2.45, 2.75) is 32.6 Å². The summed E-state index contributed by atoms with van der Waals surface area (Å²) in [5.74, 6) is -1.85. The van der Waals surface area contributed by atoms with Crippen LogP contribution in [0.4, 0.5) is 25.8 Å². The summed E-state index contributed by atoms with van der Waals surface area (Å²) in [6.45, 7) is 2.03. The van der Waals surface area contributed by atoms with Crippen LogP contribution in [-0.2, 0) is 0 Å². The van der Waals surface area contributed by atoms with Gasteiger partial charge in [-0.3, -0.25) is 4.79 Å². The van der Waals surface area contributed by atoms with Crippen molar-refractivity contribution in [1.29, 1.82) is 0 Å². The molecule has 42 heavy (non-hydrogen) atoms. The highest BCUT2D eigenvalue weighted by Gasteiger charge is 2.20. The van der Waals surface area contributed by atoms with Crippen molar-refractivity contribution in [2.75, 3.05) is 17.3 Å². The molecule has 4 nitrogen and oxygen atoms in total. The fourth-order valence-corrected chi connectivity index (χ4v) is 5.04. The summed E-state index contributed by atoms with van der Waals surface area (Å²) in [5.41, 5.74) is 5.93. The number of carbonyl (C=O) groups is 1. The lowest BCUT2D eigenvalue weighted by atomic mass is 9.87. The van der Waals surface area contributed by atoms with E-state index >= 15 is 0 Å². The Balaban J connectivity index is 1.52. The number of aliphatic hydroxyl groups is 1. The Kier molecular flexibility index (Phi) is 8.74. The molecule has 0 aromatic heterocycles. The van der Waals surface area contributed by atoms with Gasteiger partial charge in [-0.05, 0) is 115 Å². The summed E-state index contributed by atoms with van der Waals surface area (Å²) >= 11 is 6.05. The second-order valence-corrected chi connectivity index (χ2v) is 10.7. The number of nitrogens with one attached hydrogen (secondary N) is 1. The summed E-state index contributed by atoms with van der Waals surface area (Å²) in [6.07, 6.45) is 5.40. The van der Waals surface area contributed by atoms with Gasteiger partial charge < -0.3 is 15.3 Å². The third kappa shape index (κ3) is 6.39. The molecule has 1 aliphatic carbocycles. The Bertz CT molecular complexity index is 1670. The van der Waals surface area contributed by atoms with Gasteiger partial charge in [0.05, 0.1) is 5.69 Å². The van der Waals surface area contributed by atoms with Gasteiger partial charge in [-0.1, -0.05) is 36.7 Å². The average Bonchev–Trinajstić information content (AvgIpc) is 2.96. The normalized spacial score (nSPS) is 13.0. The number of allylic oxidation sites excluding steroid dienone is 2. The Morgan fingerprint density at radius 2 is 1.50 bits per heavy atom. The standard InChI is InChI=1S/C35H31ClF2N2O2/c1-3-5-31(22-8-13-29(14-9-22)40(2)30-15-10-27(36)11-16-30)24-18-25(34(41)23-6-4-7-23)20-26(19-24)35(42)39-33-21-28(37)12-17-32(33)38/h5,8-21,41H,3-4,6-7H2,1-2H3,(H,39,42)/b31-5-. The number of hydrogen-bond donors (Lipinski definition) is 2. The maximum atomic E-state index is 14.3. The van der Waals surface area contributed by atoms with Crippen molar-refractivity contribution < 1.29 is 18.7 Å². The van der Waals surface area contributed by atoms with E-state index < -0.39 is 17.5 Å². The van der Waals surface area contributed by atoms with Crippen LogP contribution >= 0.6 is 11.6 Å². The minimum atomic E-state index is -0.740. The molecule has 0 aliphatic heterocycles. The second-order valence-electron chi connectivity index (χ2n) is 10.3. The molecule has 1 saturated carbocycles. The van der Waals surface area contributed by atoms with Crippen LogP contribution in [0.15, 0.2) is 96.6 Å². The highest BCUT2D eigenvalue weighted by Crippen LogP contribution is 2.35. The number of aliphatic hydroxyl groups excluding tert-OH is 1.